The van der Waals surface area contributed by atoms with Crippen LogP contribution in [0.25, 0.3) is 56.2 Å². The van der Waals surface area contributed by atoms with E-state index in [1.807, 2.05) is 0 Å². The largest absolute Gasteiger partial charge is 0.228 e. The summed E-state index contributed by atoms with van der Waals surface area (Å²) in [6.45, 7) is 0. The van der Waals surface area contributed by atoms with E-state index < -0.39 is 8.07 Å². The van der Waals surface area contributed by atoms with Crippen LogP contribution in [-0.2, 0) is 0 Å². The van der Waals surface area contributed by atoms with Gasteiger partial charge in [0.1, 0.15) is 0 Å². The first-order chi connectivity index (χ1) is 34.2. The number of aromatic nitrogens is 2. The Morgan fingerprint density at radius 1 is 0.275 bits per heavy atom. The highest BCUT2D eigenvalue weighted by Gasteiger charge is 2.50. The molecule has 2 nitrogen and oxygen atoms in total. The molecule has 3 aliphatic carbocycles. The Labute approximate surface area is 405 Å². The molecule has 14 rings (SSSR count). The second kappa shape index (κ2) is 17.0. The van der Waals surface area contributed by atoms with E-state index in [0.717, 1.165) is 33.9 Å². The van der Waals surface area contributed by atoms with Crippen LogP contribution in [0.1, 0.15) is 45.2 Å². The van der Waals surface area contributed by atoms with Crippen LogP contribution in [0.15, 0.2) is 267 Å². The molecule has 2 unspecified atom stereocenters. The lowest BCUT2D eigenvalue weighted by Crippen LogP contribution is -2.75. The predicted octanol–water partition coefficient (Wildman–Crippen LogP) is 13.2. The quantitative estimate of drug-likeness (QED) is 0.107. The molecule has 0 amide bonds. The van der Waals surface area contributed by atoms with Gasteiger partial charge >= 0.3 is 0 Å². The zero-order valence-electron chi connectivity index (χ0n) is 38.0. The van der Waals surface area contributed by atoms with E-state index in [-0.39, 0.29) is 11.8 Å². The maximum Gasteiger partial charge on any atom is 0.179 e. The zero-order valence-corrected chi connectivity index (χ0v) is 39.0. The van der Waals surface area contributed by atoms with Gasteiger partial charge in [0, 0.05) is 28.5 Å². The third kappa shape index (κ3) is 6.77. The molecule has 324 valence electrons. The van der Waals surface area contributed by atoms with Crippen molar-refractivity contribution in [3.8, 4) is 56.2 Å². The van der Waals surface area contributed by atoms with Crippen LogP contribution >= 0.6 is 0 Å². The van der Waals surface area contributed by atoms with Gasteiger partial charge in [0.25, 0.3) is 0 Å². The minimum Gasteiger partial charge on any atom is -0.228 e. The van der Waals surface area contributed by atoms with Crippen LogP contribution in [0.4, 0.5) is 0 Å². The molecule has 0 aliphatic heterocycles. The van der Waals surface area contributed by atoms with E-state index >= 15 is 0 Å². The Bertz CT molecular complexity index is 3530. The fraction of sp³-hybridized carbons (Fsp3) is 0.0303. The van der Waals surface area contributed by atoms with Gasteiger partial charge in [0.2, 0.25) is 0 Å². The lowest BCUT2D eigenvalue weighted by atomic mass is 9.60. The summed E-state index contributed by atoms with van der Waals surface area (Å²) in [4.78, 5) is 11.0. The zero-order chi connectivity index (χ0) is 45.7. The smallest absolute Gasteiger partial charge is 0.179 e. The van der Waals surface area contributed by atoms with Crippen LogP contribution in [-0.4, -0.2) is 18.0 Å². The molecule has 1 heterocycles. The minimum atomic E-state index is -3.22. The van der Waals surface area contributed by atoms with Gasteiger partial charge in [-0.2, -0.15) is 0 Å². The average molecular weight is 895 g/mol. The molecule has 3 heteroatoms. The van der Waals surface area contributed by atoms with Gasteiger partial charge in [0.15, 0.2) is 13.9 Å². The van der Waals surface area contributed by atoms with Gasteiger partial charge in [-0.25, -0.2) is 9.97 Å². The molecule has 3 aliphatic rings. The Kier molecular flexibility index (Phi) is 10.0. The molecule has 2 bridgehead atoms. The summed E-state index contributed by atoms with van der Waals surface area (Å²) in [7, 11) is -3.22. The minimum absolute atomic E-state index is 0.0239. The third-order valence-electron chi connectivity index (χ3n) is 14.6. The fourth-order valence-electron chi connectivity index (χ4n) is 11.7. The van der Waals surface area contributed by atoms with E-state index in [0.29, 0.717) is 0 Å². The standard InChI is InChI=1S/C66H46N2Si/c1-6-22-45(23-7-1)49-30-18-34-52(42-49)69(51-32-14-5-15-33-51,53-35-19-31-50(43-53)46-24-8-2-9-25-46)61-41-21-39-57-62-54-36-16-17-37-55(54)65(64(57)61)63-56(62)38-20-40-58(63)66-67-59(47-26-10-3-11-27-47)44-60(68-66)48-28-12-4-13-29-48/h1-44,62,65H. The van der Waals surface area contributed by atoms with Crippen molar-refractivity contribution < 1.29 is 0 Å². The summed E-state index contributed by atoms with van der Waals surface area (Å²) < 4.78 is 0. The molecule has 69 heavy (non-hydrogen) atoms. The molecule has 0 N–H and O–H groups in total. The number of nitrogens with zero attached hydrogens (tertiary/aromatic N) is 2. The lowest BCUT2D eigenvalue weighted by molar-refractivity contribution is 0.759. The van der Waals surface area contributed by atoms with E-state index in [1.54, 1.807) is 0 Å². The second-order valence-electron chi connectivity index (χ2n) is 18.3. The summed E-state index contributed by atoms with van der Waals surface area (Å²) in [6.07, 6.45) is 0. The summed E-state index contributed by atoms with van der Waals surface area (Å²) >= 11 is 0. The van der Waals surface area contributed by atoms with Crippen LogP contribution in [0.5, 0.6) is 0 Å². The first kappa shape index (κ1) is 40.7. The van der Waals surface area contributed by atoms with Crippen molar-refractivity contribution in [1.29, 1.82) is 0 Å². The number of rotatable bonds is 9. The summed E-state index contributed by atoms with van der Waals surface area (Å²) in [5, 5.41) is 5.46. The van der Waals surface area contributed by atoms with Gasteiger partial charge in [-0.1, -0.05) is 261 Å². The fourth-order valence-corrected chi connectivity index (χ4v) is 16.8. The molecule has 0 spiro atoms. The number of benzene rings is 10. The molecule has 0 radical (unpaired) electrons. The molecular weight excluding hydrogens is 849 g/mol. The van der Waals surface area contributed by atoms with Gasteiger partial charge in [-0.3, -0.25) is 0 Å². The van der Waals surface area contributed by atoms with Crippen LogP contribution in [0.3, 0.4) is 0 Å². The molecule has 11 aromatic rings. The second-order valence-corrected chi connectivity index (χ2v) is 22.1. The molecule has 0 fully saturated rings. The summed E-state index contributed by atoms with van der Waals surface area (Å²) in [5.41, 5.74) is 18.1. The Morgan fingerprint density at radius 3 is 1.20 bits per heavy atom. The summed E-state index contributed by atoms with van der Waals surface area (Å²) in [6, 6.07) is 98.7. The van der Waals surface area contributed by atoms with Crippen molar-refractivity contribution in [2.24, 2.45) is 0 Å². The number of hydrogen-bond donors (Lipinski definition) is 0. The molecule has 10 aromatic carbocycles. The van der Waals surface area contributed by atoms with Crippen molar-refractivity contribution in [1.82, 2.24) is 9.97 Å². The highest BCUT2D eigenvalue weighted by atomic mass is 28.3. The van der Waals surface area contributed by atoms with Crippen molar-refractivity contribution in [3.05, 3.63) is 300 Å². The molecule has 0 saturated carbocycles. The van der Waals surface area contributed by atoms with Crippen molar-refractivity contribution in [2.75, 3.05) is 0 Å². The predicted molar refractivity (Wildman–Crippen MR) is 288 cm³/mol. The van der Waals surface area contributed by atoms with E-state index in [2.05, 4.69) is 267 Å². The third-order valence-corrected chi connectivity index (χ3v) is 19.4. The normalized spacial score (nSPS) is 14.4. The number of hydrogen-bond acceptors (Lipinski definition) is 2. The van der Waals surface area contributed by atoms with Gasteiger partial charge in [-0.15, -0.1) is 0 Å². The maximum atomic E-state index is 5.49. The summed E-state index contributed by atoms with van der Waals surface area (Å²) in [5.74, 6) is 0.683. The monoisotopic (exact) mass is 894 g/mol. The molecule has 1 aromatic heterocycles. The van der Waals surface area contributed by atoms with E-state index in [4.69, 9.17) is 9.97 Å². The lowest BCUT2D eigenvalue weighted by Gasteiger charge is -2.46. The molecule has 0 saturated heterocycles. The van der Waals surface area contributed by atoms with Gasteiger partial charge in [0.05, 0.1) is 11.4 Å². The highest BCUT2D eigenvalue weighted by molar-refractivity contribution is 7.20. The SMILES string of the molecule is c1ccc(-c2cccc([Si](c3ccccc3)(c3cccc(-c4ccccc4)c3)c3cccc4c3C3c5ccccc5C4c4cccc(-c5nc(-c6ccccc6)cc(-c6ccccc6)n5)c43)c2)cc1. The van der Waals surface area contributed by atoms with Crippen LogP contribution in [0.2, 0.25) is 0 Å². The van der Waals surface area contributed by atoms with Gasteiger partial charge in [-0.05, 0) is 82.4 Å². The topological polar surface area (TPSA) is 25.8 Å². The Hall–Kier alpha value is -8.50. The average Bonchev–Trinajstić information content (AvgIpc) is 3.44. The molecular formula is C66H46N2Si. The first-order valence-electron chi connectivity index (χ1n) is 24.0. The van der Waals surface area contributed by atoms with Crippen molar-refractivity contribution in [3.63, 3.8) is 0 Å². The van der Waals surface area contributed by atoms with Crippen LogP contribution < -0.4 is 20.7 Å². The van der Waals surface area contributed by atoms with Crippen molar-refractivity contribution in [2.45, 2.75) is 11.8 Å². The first-order valence-corrected chi connectivity index (χ1v) is 26.0. The van der Waals surface area contributed by atoms with Gasteiger partial charge < -0.3 is 0 Å². The van der Waals surface area contributed by atoms with Crippen molar-refractivity contribution >= 4 is 28.8 Å². The molecule has 2 atom stereocenters. The van der Waals surface area contributed by atoms with E-state index in [9.17, 15) is 0 Å². The Morgan fingerprint density at radius 2 is 0.667 bits per heavy atom. The maximum absolute atomic E-state index is 5.49. The Balaban J connectivity index is 1.12. The van der Waals surface area contributed by atoms with Crippen LogP contribution in [0, 0.1) is 0 Å². The highest BCUT2D eigenvalue weighted by Crippen LogP contribution is 2.57. The van der Waals surface area contributed by atoms with E-state index in [1.165, 1.54) is 76.4 Å².